The molecule has 0 atom stereocenters. The zero-order valence-electron chi connectivity index (χ0n) is 18.3. The molecule has 2 aromatic heterocycles. The van der Waals surface area contributed by atoms with Crippen LogP contribution in [0.2, 0.25) is 10.0 Å². The fourth-order valence-electron chi connectivity index (χ4n) is 3.36. The highest BCUT2D eigenvalue weighted by Gasteiger charge is 2.10. The van der Waals surface area contributed by atoms with E-state index >= 15 is 0 Å². The molecule has 0 fully saturated rings. The molecule has 1 N–H and O–H groups in total. The summed E-state index contributed by atoms with van der Waals surface area (Å²) in [4.78, 5) is 12.6. The van der Waals surface area contributed by atoms with Crippen molar-refractivity contribution in [2.45, 2.75) is 33.5 Å². The first-order valence-corrected chi connectivity index (χ1v) is 11.2. The molecule has 1 amide bonds. The first-order chi connectivity index (χ1) is 15.9. The summed E-state index contributed by atoms with van der Waals surface area (Å²) < 4.78 is 9.46. The van der Waals surface area contributed by atoms with Gasteiger partial charge in [-0.15, -0.1) is 0 Å². The van der Waals surface area contributed by atoms with Crippen LogP contribution in [0.3, 0.4) is 0 Å². The summed E-state index contributed by atoms with van der Waals surface area (Å²) in [7, 11) is 0. The van der Waals surface area contributed by atoms with E-state index in [-0.39, 0.29) is 5.91 Å². The quantitative estimate of drug-likeness (QED) is 0.354. The van der Waals surface area contributed by atoms with Gasteiger partial charge in [-0.3, -0.25) is 14.2 Å². The van der Waals surface area contributed by atoms with Crippen molar-refractivity contribution in [3.05, 3.63) is 93.5 Å². The van der Waals surface area contributed by atoms with Crippen LogP contribution >= 0.6 is 23.2 Å². The van der Waals surface area contributed by atoms with Gasteiger partial charge in [0.1, 0.15) is 12.4 Å². The van der Waals surface area contributed by atoms with Crippen molar-refractivity contribution < 1.29 is 9.53 Å². The number of carbonyl (C=O) groups is 1. The molecule has 0 saturated heterocycles. The number of benzene rings is 2. The molecule has 0 saturated carbocycles. The van der Waals surface area contributed by atoms with Crippen LogP contribution in [0.4, 0.5) is 5.69 Å². The van der Waals surface area contributed by atoms with Crippen molar-refractivity contribution in [2.24, 2.45) is 0 Å². The number of nitrogens with zero attached hydrogens (tertiary/aromatic N) is 4. The molecule has 170 valence electrons. The molecule has 0 bridgehead atoms. The summed E-state index contributed by atoms with van der Waals surface area (Å²) in [6, 6.07) is 12.3. The average Bonchev–Trinajstić information content (AvgIpc) is 3.39. The Morgan fingerprint density at radius 3 is 2.58 bits per heavy atom. The molecular formula is C24H23Cl2N5O2. The number of aryl methyl sites for hydroxylation is 1. The van der Waals surface area contributed by atoms with E-state index in [9.17, 15) is 4.79 Å². The average molecular weight is 484 g/mol. The second-order valence-corrected chi connectivity index (χ2v) is 8.36. The van der Waals surface area contributed by atoms with Gasteiger partial charge < -0.3 is 10.1 Å². The lowest BCUT2D eigenvalue weighted by atomic mass is 10.1. The van der Waals surface area contributed by atoms with Crippen LogP contribution in [-0.4, -0.2) is 25.5 Å². The van der Waals surface area contributed by atoms with Crippen molar-refractivity contribution >= 4 is 34.8 Å². The smallest absolute Gasteiger partial charge is 0.255 e. The fraction of sp³-hybridized carbons (Fsp3) is 0.208. The highest BCUT2D eigenvalue weighted by molar-refractivity contribution is 6.35. The van der Waals surface area contributed by atoms with Crippen LogP contribution in [-0.2, 0) is 19.7 Å². The lowest BCUT2D eigenvalue weighted by Gasteiger charge is -2.09. The predicted octanol–water partition coefficient (Wildman–Crippen LogP) is 5.59. The Kier molecular flexibility index (Phi) is 7.01. The number of anilines is 1. The molecule has 2 aromatic carbocycles. The van der Waals surface area contributed by atoms with Crippen LogP contribution in [0.5, 0.6) is 5.75 Å². The Balaban J connectivity index is 1.33. The highest BCUT2D eigenvalue weighted by atomic mass is 35.5. The van der Waals surface area contributed by atoms with Crippen LogP contribution in [0.15, 0.2) is 61.1 Å². The minimum atomic E-state index is -0.210. The van der Waals surface area contributed by atoms with Gasteiger partial charge in [-0.05, 0) is 49.7 Å². The zero-order valence-corrected chi connectivity index (χ0v) is 19.8. The third kappa shape index (κ3) is 5.56. The Morgan fingerprint density at radius 2 is 1.88 bits per heavy atom. The van der Waals surface area contributed by atoms with Gasteiger partial charge in [-0.2, -0.15) is 10.2 Å². The predicted molar refractivity (Wildman–Crippen MR) is 129 cm³/mol. The third-order valence-electron chi connectivity index (χ3n) is 5.23. The number of halogens is 2. The van der Waals surface area contributed by atoms with Crippen LogP contribution in [0.1, 0.15) is 34.1 Å². The highest BCUT2D eigenvalue weighted by Crippen LogP contribution is 2.28. The van der Waals surface area contributed by atoms with E-state index in [0.717, 1.165) is 23.4 Å². The van der Waals surface area contributed by atoms with Gasteiger partial charge in [0, 0.05) is 34.6 Å². The van der Waals surface area contributed by atoms with E-state index in [2.05, 4.69) is 22.4 Å². The van der Waals surface area contributed by atoms with Crippen LogP contribution in [0, 0.1) is 6.92 Å². The third-order valence-corrected chi connectivity index (χ3v) is 5.76. The molecule has 0 spiro atoms. The van der Waals surface area contributed by atoms with E-state index in [1.54, 1.807) is 47.4 Å². The molecule has 2 heterocycles. The minimum Gasteiger partial charge on any atom is -0.487 e. The number of hydrogen-bond donors (Lipinski definition) is 1. The van der Waals surface area contributed by atoms with E-state index < -0.39 is 0 Å². The monoisotopic (exact) mass is 483 g/mol. The zero-order chi connectivity index (χ0) is 23.4. The SMILES string of the molecule is CCn1ncc(Cn2cc(NC(=O)c3ccc(COc4ccc(Cl)cc4Cl)cc3)cn2)c1C. The van der Waals surface area contributed by atoms with Gasteiger partial charge in [0.05, 0.1) is 29.6 Å². The second-order valence-electron chi connectivity index (χ2n) is 7.51. The molecule has 4 rings (SSSR count). The maximum Gasteiger partial charge on any atom is 0.255 e. The van der Waals surface area contributed by atoms with Crippen molar-refractivity contribution in [2.75, 3.05) is 5.32 Å². The first-order valence-electron chi connectivity index (χ1n) is 10.4. The van der Waals surface area contributed by atoms with E-state index in [1.807, 2.05) is 29.9 Å². The van der Waals surface area contributed by atoms with Gasteiger partial charge in [-0.25, -0.2) is 0 Å². The van der Waals surface area contributed by atoms with Crippen molar-refractivity contribution in [1.82, 2.24) is 19.6 Å². The molecule has 0 aliphatic heterocycles. The van der Waals surface area contributed by atoms with Gasteiger partial charge in [-0.1, -0.05) is 35.3 Å². The number of amides is 1. The van der Waals surface area contributed by atoms with Gasteiger partial charge in [0.2, 0.25) is 0 Å². The molecule has 7 nitrogen and oxygen atoms in total. The maximum absolute atomic E-state index is 12.6. The summed E-state index contributed by atoms with van der Waals surface area (Å²) in [5.74, 6) is 0.342. The number of rotatable bonds is 8. The number of nitrogens with one attached hydrogen (secondary N) is 1. The first kappa shape index (κ1) is 22.9. The van der Waals surface area contributed by atoms with Crippen LogP contribution in [0.25, 0.3) is 0 Å². The van der Waals surface area contributed by atoms with Crippen molar-refractivity contribution in [3.63, 3.8) is 0 Å². The minimum absolute atomic E-state index is 0.210. The number of aromatic nitrogens is 4. The summed E-state index contributed by atoms with van der Waals surface area (Å²) >= 11 is 12.0. The van der Waals surface area contributed by atoms with Crippen molar-refractivity contribution in [3.8, 4) is 5.75 Å². The summed E-state index contributed by atoms with van der Waals surface area (Å²) in [6.07, 6.45) is 5.29. The molecule has 4 aromatic rings. The van der Waals surface area contributed by atoms with E-state index in [1.165, 1.54) is 0 Å². The Labute approximate surface area is 201 Å². The molecule has 0 radical (unpaired) electrons. The normalized spacial score (nSPS) is 10.9. The fourth-order valence-corrected chi connectivity index (χ4v) is 3.82. The number of ether oxygens (including phenoxy) is 1. The van der Waals surface area contributed by atoms with Crippen molar-refractivity contribution in [1.29, 1.82) is 0 Å². The Hall–Kier alpha value is -3.29. The number of hydrogen-bond acceptors (Lipinski definition) is 4. The Morgan fingerprint density at radius 1 is 1.09 bits per heavy atom. The molecule has 0 unspecified atom stereocenters. The van der Waals surface area contributed by atoms with Gasteiger partial charge in [0.15, 0.2) is 0 Å². The lowest BCUT2D eigenvalue weighted by molar-refractivity contribution is 0.102. The lowest BCUT2D eigenvalue weighted by Crippen LogP contribution is -2.11. The van der Waals surface area contributed by atoms with E-state index in [4.69, 9.17) is 27.9 Å². The second kappa shape index (κ2) is 10.1. The molecule has 9 heteroatoms. The molecule has 33 heavy (non-hydrogen) atoms. The number of carbonyl (C=O) groups excluding carboxylic acids is 1. The molecule has 0 aliphatic carbocycles. The topological polar surface area (TPSA) is 74.0 Å². The molecule has 0 aliphatic rings. The maximum atomic E-state index is 12.6. The Bertz CT molecular complexity index is 1260. The van der Waals surface area contributed by atoms with Crippen LogP contribution < -0.4 is 10.1 Å². The van der Waals surface area contributed by atoms with Gasteiger partial charge in [0.25, 0.3) is 5.91 Å². The van der Waals surface area contributed by atoms with E-state index in [0.29, 0.717) is 40.2 Å². The summed E-state index contributed by atoms with van der Waals surface area (Å²) in [6.45, 7) is 5.83. The standard InChI is InChI=1S/C24H23Cl2N5O2/c1-3-31-16(2)19(11-28-31)13-30-14-21(12-27-30)29-24(32)18-6-4-17(5-7-18)15-33-23-9-8-20(25)10-22(23)26/h4-12,14H,3,13,15H2,1-2H3,(H,29,32). The summed E-state index contributed by atoms with van der Waals surface area (Å²) in [5.41, 5.74) is 4.28. The summed E-state index contributed by atoms with van der Waals surface area (Å²) in [5, 5.41) is 12.6. The largest absolute Gasteiger partial charge is 0.487 e. The molecular weight excluding hydrogens is 461 g/mol. The van der Waals surface area contributed by atoms with Gasteiger partial charge >= 0.3 is 0 Å².